The van der Waals surface area contributed by atoms with Crippen LogP contribution in [-0.4, -0.2) is 28.7 Å². The van der Waals surface area contributed by atoms with Crippen LogP contribution in [-0.2, 0) is 9.53 Å². The summed E-state index contributed by atoms with van der Waals surface area (Å²) in [6, 6.07) is 2.92. The number of aromatic nitrogens is 1. The van der Waals surface area contributed by atoms with Crippen molar-refractivity contribution in [2.45, 2.75) is 5.03 Å². The molecule has 16 heavy (non-hydrogen) atoms. The van der Waals surface area contributed by atoms with Crippen molar-refractivity contribution in [2.75, 3.05) is 12.4 Å². The van der Waals surface area contributed by atoms with Gasteiger partial charge in [0.25, 0.3) is 6.47 Å². The van der Waals surface area contributed by atoms with Crippen molar-refractivity contribution < 1.29 is 14.5 Å². The molecule has 1 heterocycles. The Kier molecular flexibility index (Phi) is 5.65. The van der Waals surface area contributed by atoms with Crippen LogP contribution < -0.4 is 0 Å². The maximum atomic E-state index is 10.6. The quantitative estimate of drug-likeness (QED) is 0.243. The largest absolute Gasteiger partial charge is 0.467 e. The zero-order valence-electron chi connectivity index (χ0n) is 8.07. The van der Waals surface area contributed by atoms with Crippen LogP contribution >= 0.6 is 21.6 Å². The van der Waals surface area contributed by atoms with Gasteiger partial charge < -0.3 is 4.74 Å². The van der Waals surface area contributed by atoms with Gasteiger partial charge in [-0.1, -0.05) is 10.8 Å². The summed E-state index contributed by atoms with van der Waals surface area (Å²) in [6.45, 7) is 0.649. The van der Waals surface area contributed by atoms with Gasteiger partial charge in [-0.3, -0.25) is 14.9 Å². The number of hydrogen-bond acceptors (Lipinski definition) is 7. The molecular formula is C8H8N2O4S2. The highest BCUT2D eigenvalue weighted by molar-refractivity contribution is 8.76. The van der Waals surface area contributed by atoms with Crippen LogP contribution in [0.25, 0.3) is 0 Å². The maximum Gasteiger partial charge on any atom is 0.302 e. The molecule has 0 atom stereocenters. The standard InChI is InChI=1S/C8H8N2O4S2/c11-6-14-4-5-15-16-8-7(10(12)13)2-1-3-9-8/h1-3,6H,4-5H2. The molecule has 0 unspecified atom stereocenters. The molecule has 0 radical (unpaired) electrons. The lowest BCUT2D eigenvalue weighted by atomic mass is 10.4. The first-order valence-corrected chi connectivity index (χ1v) is 6.51. The molecule has 0 aliphatic rings. The molecule has 1 aromatic heterocycles. The first-order chi connectivity index (χ1) is 7.75. The molecular weight excluding hydrogens is 252 g/mol. The van der Waals surface area contributed by atoms with E-state index < -0.39 is 4.92 Å². The summed E-state index contributed by atoms with van der Waals surface area (Å²) in [5.74, 6) is 0.553. The number of carbonyl (C=O) groups excluding carboxylic acids is 1. The van der Waals surface area contributed by atoms with Gasteiger partial charge in [0.05, 0.1) is 4.92 Å². The molecule has 1 aromatic rings. The van der Waals surface area contributed by atoms with Crippen molar-refractivity contribution in [1.82, 2.24) is 4.98 Å². The summed E-state index contributed by atoms with van der Waals surface area (Å²) in [4.78, 5) is 23.9. The lowest BCUT2D eigenvalue weighted by Gasteiger charge is -2.00. The van der Waals surface area contributed by atoms with Crippen LogP contribution in [0.1, 0.15) is 0 Å². The van der Waals surface area contributed by atoms with E-state index in [1.165, 1.54) is 39.9 Å². The van der Waals surface area contributed by atoms with E-state index in [9.17, 15) is 14.9 Å². The monoisotopic (exact) mass is 260 g/mol. The first kappa shape index (κ1) is 12.8. The van der Waals surface area contributed by atoms with Gasteiger partial charge in [0, 0.05) is 18.0 Å². The zero-order valence-corrected chi connectivity index (χ0v) is 9.70. The maximum absolute atomic E-state index is 10.6. The number of nitro groups is 1. The molecule has 8 heteroatoms. The Labute approximate surface area is 99.3 Å². The highest BCUT2D eigenvalue weighted by atomic mass is 33.1. The topological polar surface area (TPSA) is 82.3 Å². The van der Waals surface area contributed by atoms with Crippen molar-refractivity contribution in [3.63, 3.8) is 0 Å². The van der Waals surface area contributed by atoms with E-state index >= 15 is 0 Å². The van der Waals surface area contributed by atoms with Gasteiger partial charge in [-0.2, -0.15) is 0 Å². The van der Waals surface area contributed by atoms with E-state index in [0.717, 1.165) is 0 Å². The van der Waals surface area contributed by atoms with E-state index in [-0.39, 0.29) is 12.3 Å². The molecule has 0 spiro atoms. The van der Waals surface area contributed by atoms with E-state index in [2.05, 4.69) is 9.72 Å². The fraction of sp³-hybridized carbons (Fsp3) is 0.250. The molecule has 0 saturated carbocycles. The van der Waals surface area contributed by atoms with Crippen molar-refractivity contribution in [3.05, 3.63) is 28.4 Å². The molecule has 0 aliphatic heterocycles. The van der Waals surface area contributed by atoms with Crippen molar-refractivity contribution in [2.24, 2.45) is 0 Å². The molecule has 1 rings (SSSR count). The first-order valence-electron chi connectivity index (χ1n) is 4.20. The fourth-order valence-corrected chi connectivity index (χ4v) is 2.68. The number of ether oxygens (including phenoxy) is 1. The number of nitrogens with zero attached hydrogens (tertiary/aromatic N) is 2. The van der Waals surface area contributed by atoms with Gasteiger partial charge in [-0.05, 0) is 16.9 Å². The molecule has 0 aromatic carbocycles. The molecule has 0 saturated heterocycles. The lowest BCUT2D eigenvalue weighted by molar-refractivity contribution is -0.388. The van der Waals surface area contributed by atoms with E-state index in [4.69, 9.17) is 0 Å². The molecule has 0 aliphatic carbocycles. The SMILES string of the molecule is O=COCCSSc1ncccc1[N+](=O)[O-]. The van der Waals surface area contributed by atoms with Crippen molar-refractivity contribution in [3.8, 4) is 0 Å². The summed E-state index contributed by atoms with van der Waals surface area (Å²) in [7, 11) is 2.54. The third-order valence-electron chi connectivity index (χ3n) is 1.44. The molecule has 86 valence electrons. The number of hydrogen-bond donors (Lipinski definition) is 0. The summed E-state index contributed by atoms with van der Waals surface area (Å²) >= 11 is 0. The van der Waals surface area contributed by atoms with Gasteiger partial charge >= 0.3 is 5.69 Å². The Morgan fingerprint density at radius 1 is 1.62 bits per heavy atom. The predicted octanol–water partition coefficient (Wildman–Crippen LogP) is 1.90. The normalized spacial score (nSPS) is 9.75. The molecule has 0 amide bonds. The third-order valence-corrected chi connectivity index (χ3v) is 3.69. The molecule has 0 bridgehead atoms. The average Bonchev–Trinajstić information content (AvgIpc) is 2.29. The zero-order chi connectivity index (χ0) is 11.8. The van der Waals surface area contributed by atoms with Gasteiger partial charge in [-0.15, -0.1) is 0 Å². The van der Waals surface area contributed by atoms with Crippen LogP contribution in [0.5, 0.6) is 0 Å². The Morgan fingerprint density at radius 2 is 2.44 bits per heavy atom. The van der Waals surface area contributed by atoms with Gasteiger partial charge in [0.1, 0.15) is 6.61 Å². The second kappa shape index (κ2) is 7.07. The average molecular weight is 260 g/mol. The van der Waals surface area contributed by atoms with Crippen LogP contribution in [0.4, 0.5) is 5.69 Å². The van der Waals surface area contributed by atoms with Gasteiger partial charge in [0.2, 0.25) is 0 Å². The van der Waals surface area contributed by atoms with E-state index in [1.54, 1.807) is 0 Å². The second-order valence-corrected chi connectivity index (χ2v) is 4.86. The predicted molar refractivity (Wildman–Crippen MR) is 61.2 cm³/mol. The minimum absolute atomic E-state index is 0.0173. The van der Waals surface area contributed by atoms with E-state index in [0.29, 0.717) is 17.3 Å². The van der Waals surface area contributed by atoms with Crippen LogP contribution in [0, 0.1) is 10.1 Å². The lowest BCUT2D eigenvalue weighted by Crippen LogP contribution is -1.94. The minimum atomic E-state index is -0.474. The number of rotatable bonds is 7. The minimum Gasteiger partial charge on any atom is -0.467 e. The Bertz CT molecular complexity index is 375. The summed E-state index contributed by atoms with van der Waals surface area (Å²) in [5, 5.41) is 11.0. The van der Waals surface area contributed by atoms with Gasteiger partial charge in [-0.25, -0.2) is 4.98 Å². The summed E-state index contributed by atoms with van der Waals surface area (Å²) in [5.41, 5.74) is -0.0173. The molecule has 6 nitrogen and oxygen atoms in total. The Balaban J connectivity index is 2.47. The summed E-state index contributed by atoms with van der Waals surface area (Å²) < 4.78 is 4.48. The second-order valence-electron chi connectivity index (χ2n) is 2.46. The van der Waals surface area contributed by atoms with Crippen molar-refractivity contribution in [1.29, 1.82) is 0 Å². The Morgan fingerprint density at radius 3 is 3.12 bits per heavy atom. The van der Waals surface area contributed by atoms with Crippen LogP contribution in [0.15, 0.2) is 23.4 Å². The van der Waals surface area contributed by atoms with Crippen LogP contribution in [0.2, 0.25) is 0 Å². The van der Waals surface area contributed by atoms with Crippen LogP contribution in [0.3, 0.4) is 0 Å². The molecule has 0 N–H and O–H groups in total. The number of pyridine rings is 1. The third kappa shape index (κ3) is 4.07. The highest BCUT2D eigenvalue weighted by Crippen LogP contribution is 2.34. The molecule has 0 fully saturated rings. The van der Waals surface area contributed by atoms with Gasteiger partial charge in [0.15, 0.2) is 5.03 Å². The smallest absolute Gasteiger partial charge is 0.302 e. The fourth-order valence-electron chi connectivity index (χ4n) is 0.813. The van der Waals surface area contributed by atoms with Crippen molar-refractivity contribution >= 4 is 33.7 Å². The number of carbonyl (C=O) groups is 1. The highest BCUT2D eigenvalue weighted by Gasteiger charge is 2.14. The summed E-state index contributed by atoms with van der Waals surface area (Å²) in [6.07, 6.45) is 1.50. The Hall–Kier alpha value is -1.28. The van der Waals surface area contributed by atoms with E-state index in [1.807, 2.05) is 0 Å².